The molecule has 9 nitrogen and oxygen atoms in total. The van der Waals surface area contributed by atoms with Gasteiger partial charge in [0.05, 0.1) is 32.8 Å². The Balaban J connectivity index is 1.61. The van der Waals surface area contributed by atoms with Crippen molar-refractivity contribution in [2.24, 2.45) is 11.8 Å². The first-order chi connectivity index (χ1) is 17.7. The minimum atomic E-state index is -1.83. The van der Waals surface area contributed by atoms with Crippen molar-refractivity contribution in [3.63, 3.8) is 0 Å². The Labute approximate surface area is 220 Å². The van der Waals surface area contributed by atoms with Crippen molar-refractivity contribution in [1.82, 2.24) is 5.32 Å². The summed E-state index contributed by atoms with van der Waals surface area (Å²) in [6.07, 6.45) is 0.634. The molecule has 0 saturated carbocycles. The Morgan fingerprint density at radius 3 is 2.27 bits per heavy atom. The van der Waals surface area contributed by atoms with E-state index in [0.29, 0.717) is 20.5 Å². The van der Waals surface area contributed by atoms with Crippen LogP contribution in [0, 0.1) is 22.0 Å². The zero-order valence-electron chi connectivity index (χ0n) is 19.6. The third-order valence-corrected chi connectivity index (χ3v) is 8.48. The number of nitrogens with zero attached hydrogens (tertiary/aromatic N) is 2. The molecule has 5 rings (SSSR count). The number of fused-ring (bicyclic) bond motifs is 1. The van der Waals surface area contributed by atoms with Crippen molar-refractivity contribution in [3.8, 4) is 0 Å². The number of rotatable bonds is 7. The molecule has 11 heteroatoms. The van der Waals surface area contributed by atoms with E-state index in [1.165, 1.54) is 35.6 Å². The van der Waals surface area contributed by atoms with E-state index in [0.717, 1.165) is 16.9 Å². The highest BCUT2D eigenvalue weighted by Gasteiger charge is 2.68. The molecule has 0 aliphatic carbocycles. The second kappa shape index (κ2) is 9.37. The van der Waals surface area contributed by atoms with E-state index in [2.05, 4.69) is 5.32 Å². The summed E-state index contributed by atoms with van der Waals surface area (Å²) in [6, 6.07) is 15.2. The second-order valence-electron chi connectivity index (χ2n) is 9.18. The molecule has 2 amide bonds. The van der Waals surface area contributed by atoms with Crippen LogP contribution < -0.4 is 10.2 Å². The lowest BCUT2D eigenvalue weighted by atomic mass is 9.76. The van der Waals surface area contributed by atoms with Crippen molar-refractivity contribution < 1.29 is 24.4 Å². The number of amides is 2. The summed E-state index contributed by atoms with van der Waals surface area (Å²) >= 11 is 7.38. The van der Waals surface area contributed by atoms with Crippen molar-refractivity contribution in [2.45, 2.75) is 31.3 Å². The standard InChI is InChI=1S/C26H22ClN3O6S/c1-2-14-3-7-16(8-4-14)29-23(31)20-21(24(29)32)26(25(33)34,28-22(20)18-11-12-19(27)37-18)13-15-5-9-17(10-6-15)30(35)36/h3-12,20-22,28H,2,13H2,1H3,(H,33,34). The third-order valence-electron chi connectivity index (χ3n) is 7.17. The van der Waals surface area contributed by atoms with E-state index >= 15 is 0 Å². The van der Waals surface area contributed by atoms with Gasteiger partial charge in [0, 0.05) is 23.4 Å². The van der Waals surface area contributed by atoms with Gasteiger partial charge in [-0.25, -0.2) is 4.90 Å². The normalized spacial score (nSPS) is 24.9. The fourth-order valence-electron chi connectivity index (χ4n) is 5.37. The molecule has 4 atom stereocenters. The second-order valence-corrected chi connectivity index (χ2v) is 10.9. The number of nitro benzene ring substituents is 1. The molecule has 2 aliphatic rings. The van der Waals surface area contributed by atoms with Crippen LogP contribution in [0.3, 0.4) is 0 Å². The summed E-state index contributed by atoms with van der Waals surface area (Å²) in [5.74, 6) is -4.53. The topological polar surface area (TPSA) is 130 Å². The number of carboxylic acids is 1. The first kappa shape index (κ1) is 25.1. The van der Waals surface area contributed by atoms with Crippen molar-refractivity contribution in [1.29, 1.82) is 0 Å². The van der Waals surface area contributed by atoms with Gasteiger partial charge in [0.25, 0.3) is 5.69 Å². The van der Waals surface area contributed by atoms with Gasteiger partial charge in [-0.3, -0.25) is 29.8 Å². The smallest absolute Gasteiger partial charge is 0.325 e. The van der Waals surface area contributed by atoms with Crippen LogP contribution in [0.25, 0.3) is 0 Å². The highest BCUT2D eigenvalue weighted by Crippen LogP contribution is 2.52. The lowest BCUT2D eigenvalue weighted by molar-refractivity contribution is -0.384. The Morgan fingerprint density at radius 1 is 1.08 bits per heavy atom. The first-order valence-electron chi connectivity index (χ1n) is 11.6. The van der Waals surface area contributed by atoms with Gasteiger partial charge in [0.1, 0.15) is 5.54 Å². The van der Waals surface area contributed by atoms with Gasteiger partial charge in [-0.05, 0) is 41.8 Å². The molecule has 3 heterocycles. The summed E-state index contributed by atoms with van der Waals surface area (Å²) < 4.78 is 0.473. The maximum Gasteiger partial charge on any atom is 0.325 e. The maximum atomic E-state index is 13.9. The van der Waals surface area contributed by atoms with Crippen LogP contribution in [0.1, 0.15) is 29.0 Å². The monoisotopic (exact) mass is 539 g/mol. The zero-order chi connectivity index (χ0) is 26.5. The number of hydrogen-bond donors (Lipinski definition) is 2. The molecule has 2 aliphatic heterocycles. The van der Waals surface area contributed by atoms with Crippen molar-refractivity contribution >= 4 is 52.1 Å². The quantitative estimate of drug-likeness (QED) is 0.259. The van der Waals surface area contributed by atoms with Gasteiger partial charge in [0.2, 0.25) is 11.8 Å². The van der Waals surface area contributed by atoms with E-state index in [1.54, 1.807) is 24.3 Å². The van der Waals surface area contributed by atoms with Crippen molar-refractivity contribution in [2.75, 3.05) is 4.90 Å². The number of imide groups is 1. The number of anilines is 1. The number of halogens is 1. The largest absolute Gasteiger partial charge is 0.480 e. The third kappa shape index (κ3) is 4.11. The fraction of sp³-hybridized carbons (Fsp3) is 0.269. The Morgan fingerprint density at radius 2 is 1.73 bits per heavy atom. The highest BCUT2D eigenvalue weighted by molar-refractivity contribution is 7.16. The Kier molecular flexibility index (Phi) is 6.35. The lowest BCUT2D eigenvalue weighted by Gasteiger charge is -2.31. The van der Waals surface area contributed by atoms with Crippen LogP contribution in [-0.4, -0.2) is 33.4 Å². The molecule has 2 aromatic carbocycles. The van der Waals surface area contributed by atoms with E-state index < -0.39 is 46.1 Å². The lowest BCUT2D eigenvalue weighted by Crippen LogP contribution is -2.57. The number of aryl methyl sites for hydroxylation is 1. The van der Waals surface area contributed by atoms with Crippen LogP contribution in [-0.2, 0) is 27.2 Å². The average molecular weight is 540 g/mol. The molecule has 4 unspecified atom stereocenters. The fourth-order valence-corrected chi connectivity index (χ4v) is 6.53. The number of aliphatic carboxylic acids is 1. The number of nitro groups is 1. The number of benzene rings is 2. The molecule has 0 spiro atoms. The van der Waals surface area contributed by atoms with Crippen molar-refractivity contribution in [3.05, 3.63) is 91.1 Å². The number of non-ortho nitro benzene ring substituents is 1. The number of hydrogen-bond acceptors (Lipinski definition) is 7. The van der Waals surface area contributed by atoms with Crippen LogP contribution in [0.2, 0.25) is 4.34 Å². The van der Waals surface area contributed by atoms with Crippen LogP contribution in [0.15, 0.2) is 60.7 Å². The molecule has 37 heavy (non-hydrogen) atoms. The van der Waals surface area contributed by atoms with Crippen LogP contribution >= 0.6 is 22.9 Å². The maximum absolute atomic E-state index is 13.9. The molecule has 2 fully saturated rings. The Bertz CT molecular complexity index is 1410. The van der Waals surface area contributed by atoms with Gasteiger partial charge in [-0.1, -0.05) is 42.8 Å². The molecule has 3 aromatic rings. The molecule has 2 N–H and O–H groups in total. The number of thiophene rings is 1. The van der Waals surface area contributed by atoms with Gasteiger partial charge in [0.15, 0.2) is 0 Å². The molecule has 1 aromatic heterocycles. The number of carbonyl (C=O) groups excluding carboxylic acids is 2. The number of carboxylic acid groups (broad SMARTS) is 1. The van der Waals surface area contributed by atoms with Gasteiger partial charge < -0.3 is 5.11 Å². The number of nitrogens with one attached hydrogen (secondary N) is 1. The first-order valence-corrected chi connectivity index (χ1v) is 12.8. The van der Waals surface area contributed by atoms with E-state index in [4.69, 9.17) is 11.6 Å². The minimum Gasteiger partial charge on any atom is -0.480 e. The summed E-state index contributed by atoms with van der Waals surface area (Å²) in [4.78, 5) is 52.9. The summed E-state index contributed by atoms with van der Waals surface area (Å²) in [7, 11) is 0. The summed E-state index contributed by atoms with van der Waals surface area (Å²) in [6.45, 7) is 1.99. The minimum absolute atomic E-state index is 0.134. The summed E-state index contributed by atoms with van der Waals surface area (Å²) in [5.41, 5.74) is -0.0549. The van der Waals surface area contributed by atoms with Gasteiger partial charge in [-0.15, -0.1) is 11.3 Å². The zero-order valence-corrected chi connectivity index (χ0v) is 21.2. The molecular formula is C26H22ClN3O6S. The predicted molar refractivity (Wildman–Crippen MR) is 138 cm³/mol. The van der Waals surface area contributed by atoms with Gasteiger partial charge in [-0.2, -0.15) is 0 Å². The highest BCUT2D eigenvalue weighted by atomic mass is 35.5. The van der Waals surface area contributed by atoms with Crippen LogP contribution in [0.5, 0.6) is 0 Å². The SMILES string of the molecule is CCc1ccc(N2C(=O)C3C(c4ccc(Cl)s4)NC(Cc4ccc([N+](=O)[O-])cc4)(C(=O)O)C3C2=O)cc1. The van der Waals surface area contributed by atoms with E-state index in [-0.39, 0.29) is 12.1 Å². The van der Waals surface area contributed by atoms with E-state index in [1.807, 2.05) is 19.1 Å². The predicted octanol–water partition coefficient (Wildman–Crippen LogP) is 4.39. The summed E-state index contributed by atoms with van der Waals surface area (Å²) in [5, 5.41) is 24.7. The molecule has 0 bridgehead atoms. The molecular weight excluding hydrogens is 518 g/mol. The van der Waals surface area contributed by atoms with Crippen LogP contribution in [0.4, 0.5) is 11.4 Å². The van der Waals surface area contributed by atoms with Gasteiger partial charge >= 0.3 is 5.97 Å². The molecule has 2 saturated heterocycles. The average Bonchev–Trinajstić information content (AvgIpc) is 3.53. The molecule has 0 radical (unpaired) electrons. The molecule has 190 valence electrons. The number of carbonyl (C=O) groups is 3. The van der Waals surface area contributed by atoms with E-state index in [9.17, 15) is 29.6 Å². The Hall–Kier alpha value is -3.60.